The third-order valence-corrected chi connectivity index (χ3v) is 4.65. The van der Waals surface area contributed by atoms with Crippen molar-refractivity contribution < 1.29 is 9.59 Å². The second kappa shape index (κ2) is 12.2. The zero-order valence-electron chi connectivity index (χ0n) is 15.5. The lowest BCUT2D eigenvalue weighted by molar-refractivity contribution is -0.139. The van der Waals surface area contributed by atoms with E-state index < -0.39 is 11.8 Å². The highest BCUT2D eigenvalue weighted by Crippen LogP contribution is 2.15. The summed E-state index contributed by atoms with van der Waals surface area (Å²) in [6.07, 6.45) is 16.3. The first-order chi connectivity index (χ1) is 12.8. The molecule has 0 radical (unpaired) electrons. The molecule has 1 aromatic rings. The number of carbonyl (C=O) groups is 2. The molecule has 1 aromatic heterocycles. The number of hydrogen-bond acceptors (Lipinski definition) is 4. The third-order valence-electron chi connectivity index (χ3n) is 4.65. The van der Waals surface area contributed by atoms with Gasteiger partial charge in [0.2, 0.25) is 0 Å². The van der Waals surface area contributed by atoms with E-state index >= 15 is 0 Å². The molecule has 0 unspecified atom stereocenters. The fourth-order valence-electron chi connectivity index (χ4n) is 3.08. The van der Waals surface area contributed by atoms with Crippen LogP contribution in [0.4, 0.5) is 0 Å². The van der Waals surface area contributed by atoms with Crippen LogP contribution in [-0.4, -0.2) is 22.5 Å². The molecule has 0 bridgehead atoms. The number of nitrogens with zero attached hydrogens (tertiary/aromatic N) is 2. The summed E-state index contributed by atoms with van der Waals surface area (Å²) in [6.45, 7) is 0.297. The summed E-state index contributed by atoms with van der Waals surface area (Å²) in [5, 5.41) is 6.83. The van der Waals surface area contributed by atoms with Crippen molar-refractivity contribution in [1.82, 2.24) is 15.7 Å². The van der Waals surface area contributed by atoms with Gasteiger partial charge in [-0.2, -0.15) is 5.10 Å². The summed E-state index contributed by atoms with van der Waals surface area (Å²) >= 11 is 0. The molecule has 0 aliphatic heterocycles. The van der Waals surface area contributed by atoms with Crippen LogP contribution in [0.15, 0.2) is 29.6 Å². The molecule has 1 heterocycles. The maximum absolute atomic E-state index is 11.9. The number of hydrazone groups is 1. The number of pyridine rings is 1. The Kier molecular flexibility index (Phi) is 9.40. The molecule has 6 nitrogen and oxygen atoms in total. The quantitative estimate of drug-likeness (QED) is 0.641. The molecule has 1 fully saturated rings. The molecular weight excluding hydrogens is 328 g/mol. The standard InChI is InChI=1S/C20H30N4O2/c25-19(22-16-17-12-14-21-15-13-17)20(26)24-23-18-10-8-6-4-2-1-3-5-7-9-11-18/h12-15H,1-11,16H2,(H,22,25)(H,24,26). The largest absolute Gasteiger partial charge is 0.344 e. The first kappa shape index (κ1) is 20.1. The molecule has 1 aliphatic rings. The van der Waals surface area contributed by atoms with E-state index in [0.29, 0.717) is 6.54 Å². The Labute approximate surface area is 155 Å². The van der Waals surface area contributed by atoms with E-state index in [1.807, 2.05) is 0 Å². The zero-order valence-corrected chi connectivity index (χ0v) is 15.5. The van der Waals surface area contributed by atoms with Crippen LogP contribution in [0.1, 0.15) is 76.2 Å². The van der Waals surface area contributed by atoms with Crippen molar-refractivity contribution in [3.63, 3.8) is 0 Å². The summed E-state index contributed by atoms with van der Waals surface area (Å²) in [4.78, 5) is 27.7. The van der Waals surface area contributed by atoms with Gasteiger partial charge in [0.25, 0.3) is 0 Å². The van der Waals surface area contributed by atoms with Crippen molar-refractivity contribution in [3.05, 3.63) is 30.1 Å². The maximum Gasteiger partial charge on any atom is 0.329 e. The van der Waals surface area contributed by atoms with Crippen molar-refractivity contribution in [3.8, 4) is 0 Å². The molecule has 6 heteroatoms. The van der Waals surface area contributed by atoms with E-state index in [4.69, 9.17) is 0 Å². The van der Waals surface area contributed by atoms with Gasteiger partial charge in [0.15, 0.2) is 0 Å². The van der Waals surface area contributed by atoms with Gasteiger partial charge in [-0.3, -0.25) is 14.6 Å². The van der Waals surface area contributed by atoms with Crippen LogP contribution in [0.5, 0.6) is 0 Å². The van der Waals surface area contributed by atoms with Crippen LogP contribution in [0.2, 0.25) is 0 Å². The molecule has 0 aromatic carbocycles. The summed E-state index contributed by atoms with van der Waals surface area (Å²) in [5.74, 6) is -1.38. The minimum Gasteiger partial charge on any atom is -0.344 e. The van der Waals surface area contributed by atoms with Gasteiger partial charge in [-0.05, 0) is 43.4 Å². The number of nitrogens with one attached hydrogen (secondary N) is 2. The highest BCUT2D eigenvalue weighted by molar-refractivity contribution is 6.35. The smallest absolute Gasteiger partial charge is 0.329 e. The van der Waals surface area contributed by atoms with E-state index in [2.05, 4.69) is 20.8 Å². The lowest BCUT2D eigenvalue weighted by atomic mass is 10.00. The fraction of sp³-hybridized carbons (Fsp3) is 0.600. The normalized spacial score (nSPS) is 16.7. The molecule has 2 amide bonds. The molecule has 0 spiro atoms. The van der Waals surface area contributed by atoms with Crippen molar-refractivity contribution in [2.45, 2.75) is 77.2 Å². The van der Waals surface area contributed by atoms with Crippen molar-refractivity contribution >= 4 is 17.5 Å². The van der Waals surface area contributed by atoms with Gasteiger partial charge < -0.3 is 5.32 Å². The molecular formula is C20H30N4O2. The number of carbonyl (C=O) groups excluding carboxylic acids is 2. The Hall–Kier alpha value is -2.24. The molecule has 1 saturated carbocycles. The van der Waals surface area contributed by atoms with Gasteiger partial charge in [0, 0.05) is 24.7 Å². The van der Waals surface area contributed by atoms with E-state index in [-0.39, 0.29) is 0 Å². The maximum atomic E-state index is 11.9. The molecule has 142 valence electrons. The monoisotopic (exact) mass is 358 g/mol. The second-order valence-corrected chi connectivity index (χ2v) is 6.84. The molecule has 2 rings (SSSR count). The van der Waals surface area contributed by atoms with Crippen LogP contribution in [-0.2, 0) is 16.1 Å². The predicted molar refractivity (Wildman–Crippen MR) is 102 cm³/mol. The Bertz CT molecular complexity index is 573. The average Bonchev–Trinajstić information content (AvgIpc) is 2.66. The number of aromatic nitrogens is 1. The van der Waals surface area contributed by atoms with Gasteiger partial charge in [-0.1, -0.05) is 44.9 Å². The van der Waals surface area contributed by atoms with Gasteiger partial charge in [-0.25, -0.2) is 5.43 Å². The summed E-state index contributed by atoms with van der Waals surface area (Å²) in [6, 6.07) is 3.59. The lowest BCUT2D eigenvalue weighted by Crippen LogP contribution is -2.37. The highest BCUT2D eigenvalue weighted by Gasteiger charge is 2.13. The van der Waals surface area contributed by atoms with Crippen LogP contribution in [0, 0.1) is 0 Å². The van der Waals surface area contributed by atoms with Gasteiger partial charge >= 0.3 is 11.8 Å². The minimum atomic E-state index is -0.710. The van der Waals surface area contributed by atoms with Crippen molar-refractivity contribution in [2.24, 2.45) is 5.10 Å². The van der Waals surface area contributed by atoms with Crippen LogP contribution < -0.4 is 10.7 Å². The molecule has 26 heavy (non-hydrogen) atoms. The molecule has 2 N–H and O–H groups in total. The average molecular weight is 358 g/mol. The number of hydrogen-bond donors (Lipinski definition) is 2. The van der Waals surface area contributed by atoms with Crippen LogP contribution >= 0.6 is 0 Å². The summed E-state index contributed by atoms with van der Waals surface area (Å²) < 4.78 is 0. The van der Waals surface area contributed by atoms with E-state index in [1.54, 1.807) is 24.5 Å². The van der Waals surface area contributed by atoms with Gasteiger partial charge in [0.05, 0.1) is 0 Å². The van der Waals surface area contributed by atoms with Gasteiger partial charge in [0.1, 0.15) is 0 Å². The minimum absolute atomic E-state index is 0.297. The first-order valence-corrected chi connectivity index (χ1v) is 9.78. The van der Waals surface area contributed by atoms with Crippen molar-refractivity contribution in [1.29, 1.82) is 0 Å². The Balaban J connectivity index is 1.77. The van der Waals surface area contributed by atoms with E-state index in [9.17, 15) is 9.59 Å². The Morgan fingerprint density at radius 1 is 0.846 bits per heavy atom. The first-order valence-electron chi connectivity index (χ1n) is 9.78. The lowest BCUT2D eigenvalue weighted by Gasteiger charge is -2.10. The van der Waals surface area contributed by atoms with Crippen LogP contribution in [0.25, 0.3) is 0 Å². The summed E-state index contributed by atoms with van der Waals surface area (Å²) in [5.41, 5.74) is 4.32. The SMILES string of the molecule is O=C(NCc1ccncc1)C(=O)NN=C1CCCCCCCCCCC1. The third kappa shape index (κ3) is 8.23. The predicted octanol–water partition coefficient (Wildman–Crippen LogP) is 3.47. The fourth-order valence-corrected chi connectivity index (χ4v) is 3.08. The second-order valence-electron chi connectivity index (χ2n) is 6.84. The molecule has 0 atom stereocenters. The number of amides is 2. The van der Waals surface area contributed by atoms with Crippen LogP contribution in [0.3, 0.4) is 0 Å². The number of rotatable bonds is 3. The molecule has 1 aliphatic carbocycles. The zero-order chi connectivity index (χ0) is 18.5. The topological polar surface area (TPSA) is 83.5 Å². The Morgan fingerprint density at radius 2 is 1.38 bits per heavy atom. The highest BCUT2D eigenvalue weighted by atomic mass is 16.2. The van der Waals surface area contributed by atoms with Crippen molar-refractivity contribution in [2.75, 3.05) is 0 Å². The van der Waals surface area contributed by atoms with E-state index in [0.717, 1.165) is 37.0 Å². The van der Waals surface area contributed by atoms with E-state index in [1.165, 1.54) is 44.9 Å². The molecule has 0 saturated heterocycles. The summed E-state index contributed by atoms with van der Waals surface area (Å²) in [7, 11) is 0. The Morgan fingerprint density at radius 3 is 1.96 bits per heavy atom. The van der Waals surface area contributed by atoms with Gasteiger partial charge in [-0.15, -0.1) is 0 Å².